The fourth-order valence-corrected chi connectivity index (χ4v) is 2.38. The van der Waals surface area contributed by atoms with Gasteiger partial charge in [-0.15, -0.1) is 0 Å². The van der Waals surface area contributed by atoms with Crippen molar-refractivity contribution in [3.63, 3.8) is 0 Å². The second kappa shape index (κ2) is 9.52. The lowest BCUT2D eigenvalue weighted by molar-refractivity contribution is -0.154. The van der Waals surface area contributed by atoms with Crippen LogP contribution in [0.15, 0.2) is 48.5 Å². The molecule has 0 spiro atoms. The highest BCUT2D eigenvalue weighted by Crippen LogP contribution is 2.30. The van der Waals surface area contributed by atoms with Gasteiger partial charge in [-0.3, -0.25) is 0 Å². The van der Waals surface area contributed by atoms with Crippen molar-refractivity contribution in [3.8, 4) is 11.5 Å². The molecule has 11 heteroatoms. The van der Waals surface area contributed by atoms with Crippen LogP contribution in [0.25, 0.3) is 6.08 Å². The molecule has 0 saturated heterocycles. The molecule has 0 saturated carbocycles. The molecule has 170 valence electrons. The van der Waals surface area contributed by atoms with Crippen LogP contribution in [0.3, 0.4) is 0 Å². The van der Waals surface area contributed by atoms with Gasteiger partial charge in [-0.05, 0) is 42.3 Å². The van der Waals surface area contributed by atoms with Crippen LogP contribution in [0, 0.1) is 0 Å². The summed E-state index contributed by atoms with van der Waals surface area (Å²) in [7, 11) is 0. The molecule has 2 nitrogen and oxygen atoms in total. The number of alkyl halides is 9. The van der Waals surface area contributed by atoms with Gasteiger partial charge in [-0.25, -0.2) is 0 Å². The summed E-state index contributed by atoms with van der Waals surface area (Å²) < 4.78 is 121. The summed E-state index contributed by atoms with van der Waals surface area (Å²) in [6.07, 6.45) is -11.0. The first-order valence-electron chi connectivity index (χ1n) is 8.59. The van der Waals surface area contributed by atoms with Gasteiger partial charge < -0.3 is 9.47 Å². The first kappa shape index (κ1) is 24.4. The van der Waals surface area contributed by atoms with Crippen LogP contribution in [-0.4, -0.2) is 25.6 Å². The van der Waals surface area contributed by atoms with Crippen LogP contribution >= 0.6 is 0 Å². The molecule has 0 radical (unpaired) electrons. The van der Waals surface area contributed by atoms with Crippen LogP contribution in [-0.2, 0) is 12.6 Å². The fourth-order valence-electron chi connectivity index (χ4n) is 2.38. The summed E-state index contributed by atoms with van der Waals surface area (Å²) in [5, 5.41) is 0. The average molecular weight is 458 g/mol. The second-order valence-corrected chi connectivity index (χ2v) is 6.30. The van der Waals surface area contributed by atoms with E-state index in [1.165, 1.54) is 24.3 Å². The zero-order chi connectivity index (χ0) is 23.3. The minimum atomic E-state index is -4.63. The lowest BCUT2D eigenvalue weighted by atomic mass is 10.1. The van der Waals surface area contributed by atoms with Crippen LogP contribution < -0.4 is 9.47 Å². The summed E-state index contributed by atoms with van der Waals surface area (Å²) >= 11 is 0. The zero-order valence-electron chi connectivity index (χ0n) is 15.5. The van der Waals surface area contributed by atoms with Gasteiger partial charge >= 0.3 is 18.5 Å². The van der Waals surface area contributed by atoms with E-state index in [2.05, 4.69) is 4.74 Å². The van der Waals surface area contributed by atoms with Crippen molar-refractivity contribution in [2.75, 3.05) is 13.2 Å². The van der Waals surface area contributed by atoms with Gasteiger partial charge in [-0.2, -0.15) is 39.5 Å². The average Bonchev–Trinajstić information content (AvgIpc) is 2.64. The number of halogens is 9. The topological polar surface area (TPSA) is 18.5 Å². The van der Waals surface area contributed by atoms with Gasteiger partial charge in [0.05, 0.1) is 5.56 Å². The summed E-state index contributed by atoms with van der Waals surface area (Å²) in [6, 6.07) is 7.33. The molecule has 0 bridgehead atoms. The number of hydrogen-bond donors (Lipinski definition) is 0. The minimum Gasteiger partial charge on any atom is -0.484 e. The van der Waals surface area contributed by atoms with E-state index in [9.17, 15) is 39.5 Å². The molecular formula is C20H15F9O2. The number of benzene rings is 2. The zero-order valence-corrected chi connectivity index (χ0v) is 15.5. The molecule has 2 rings (SSSR count). The number of ether oxygens (including phenoxy) is 2. The lowest BCUT2D eigenvalue weighted by Gasteiger charge is -2.15. The highest BCUT2D eigenvalue weighted by atomic mass is 19.4. The standard InChI is InChI=1S/C20H15F9O2/c21-18(22,23)11-30-16-8-9-17(31-12-19(24,25)26)14(10-16)3-1-2-13-4-6-15(7-5-13)20(27,28)29/h1-2,4-10H,3,11-12H2. The third-order valence-electron chi connectivity index (χ3n) is 3.71. The number of rotatable bonds is 7. The van der Waals surface area contributed by atoms with E-state index in [0.29, 0.717) is 5.56 Å². The van der Waals surface area contributed by atoms with Gasteiger partial charge in [0.25, 0.3) is 0 Å². The van der Waals surface area contributed by atoms with Gasteiger partial charge in [0.2, 0.25) is 0 Å². The maximum absolute atomic E-state index is 12.6. The second-order valence-electron chi connectivity index (χ2n) is 6.30. The van der Waals surface area contributed by atoms with Gasteiger partial charge in [0, 0.05) is 5.56 Å². The van der Waals surface area contributed by atoms with E-state index in [-0.39, 0.29) is 23.5 Å². The molecule has 31 heavy (non-hydrogen) atoms. The summed E-state index contributed by atoms with van der Waals surface area (Å²) in [5.41, 5.74) is -0.357. The molecule has 2 aromatic rings. The van der Waals surface area contributed by atoms with Gasteiger partial charge in [0.15, 0.2) is 13.2 Å². The van der Waals surface area contributed by atoms with Crippen LogP contribution in [0.5, 0.6) is 11.5 Å². The molecule has 0 heterocycles. The largest absolute Gasteiger partial charge is 0.484 e. The van der Waals surface area contributed by atoms with Crippen LogP contribution in [0.4, 0.5) is 39.5 Å². The maximum atomic E-state index is 12.6. The van der Waals surface area contributed by atoms with E-state index in [0.717, 1.165) is 30.3 Å². The first-order chi connectivity index (χ1) is 14.2. The summed E-state index contributed by atoms with van der Waals surface area (Å²) in [5.74, 6) is -0.441. The predicted molar refractivity (Wildman–Crippen MR) is 93.7 cm³/mol. The van der Waals surface area contributed by atoms with Crippen molar-refractivity contribution in [2.24, 2.45) is 0 Å². The third kappa shape index (κ3) is 8.81. The number of hydrogen-bond acceptors (Lipinski definition) is 2. The SMILES string of the molecule is FC(F)(F)COc1ccc(OCC(F)(F)F)c(CC=Cc2ccc(C(F)(F)F)cc2)c1. The Morgan fingerprint density at radius 3 is 1.84 bits per heavy atom. The highest BCUT2D eigenvalue weighted by molar-refractivity contribution is 5.51. The molecule has 0 N–H and O–H groups in total. The molecule has 0 unspecified atom stereocenters. The molecule has 0 aliphatic carbocycles. The molecule has 0 aliphatic heterocycles. The molecular weight excluding hydrogens is 443 g/mol. The Balaban J connectivity index is 2.16. The molecule has 0 amide bonds. The van der Waals surface area contributed by atoms with Gasteiger partial charge in [0.1, 0.15) is 11.5 Å². The molecule has 0 atom stereocenters. The van der Waals surface area contributed by atoms with E-state index in [1.807, 2.05) is 0 Å². The summed E-state index contributed by atoms with van der Waals surface area (Å²) in [4.78, 5) is 0. The predicted octanol–water partition coefficient (Wildman–Crippen LogP) is 6.84. The first-order valence-corrected chi connectivity index (χ1v) is 8.59. The Labute approximate surface area is 170 Å². The van der Waals surface area contributed by atoms with Crippen molar-refractivity contribution < 1.29 is 49.0 Å². The van der Waals surface area contributed by atoms with E-state index in [4.69, 9.17) is 4.74 Å². The monoisotopic (exact) mass is 458 g/mol. The fraction of sp³-hybridized carbons (Fsp3) is 0.300. The maximum Gasteiger partial charge on any atom is 0.422 e. The Hall–Kier alpha value is -2.85. The van der Waals surface area contributed by atoms with E-state index < -0.39 is 37.3 Å². The Morgan fingerprint density at radius 1 is 0.710 bits per heavy atom. The number of allylic oxidation sites excluding steroid dienone is 1. The Morgan fingerprint density at radius 2 is 1.29 bits per heavy atom. The summed E-state index contributed by atoms with van der Waals surface area (Å²) in [6.45, 7) is -3.19. The molecule has 0 aliphatic rings. The van der Waals surface area contributed by atoms with E-state index in [1.54, 1.807) is 0 Å². The van der Waals surface area contributed by atoms with Crippen molar-refractivity contribution in [2.45, 2.75) is 24.9 Å². The molecule has 2 aromatic carbocycles. The highest BCUT2D eigenvalue weighted by Gasteiger charge is 2.30. The van der Waals surface area contributed by atoms with Gasteiger partial charge in [-0.1, -0.05) is 24.3 Å². The third-order valence-corrected chi connectivity index (χ3v) is 3.71. The Kier molecular flexibility index (Phi) is 7.50. The molecule has 0 fully saturated rings. The van der Waals surface area contributed by atoms with Crippen molar-refractivity contribution in [1.29, 1.82) is 0 Å². The van der Waals surface area contributed by atoms with E-state index >= 15 is 0 Å². The minimum absolute atomic E-state index is 0.0720. The smallest absolute Gasteiger partial charge is 0.422 e. The van der Waals surface area contributed by atoms with Crippen LogP contribution in [0.2, 0.25) is 0 Å². The van der Waals surface area contributed by atoms with Crippen molar-refractivity contribution in [3.05, 3.63) is 65.2 Å². The van der Waals surface area contributed by atoms with Crippen LogP contribution in [0.1, 0.15) is 16.7 Å². The normalized spacial score (nSPS) is 12.9. The molecule has 0 aromatic heterocycles. The Bertz CT molecular complexity index is 879. The van der Waals surface area contributed by atoms with Crippen molar-refractivity contribution in [1.82, 2.24) is 0 Å². The quantitative estimate of drug-likeness (QED) is 0.423. The van der Waals surface area contributed by atoms with Crippen molar-refractivity contribution >= 4 is 6.08 Å². The lowest BCUT2D eigenvalue weighted by Crippen LogP contribution is -2.20.